The summed E-state index contributed by atoms with van der Waals surface area (Å²) in [5.74, 6) is 0.264. The van der Waals surface area contributed by atoms with Crippen molar-refractivity contribution in [2.75, 3.05) is 13.1 Å². The van der Waals surface area contributed by atoms with Crippen LogP contribution in [0.4, 0.5) is 0 Å². The van der Waals surface area contributed by atoms with E-state index in [2.05, 4.69) is 5.32 Å². The molecule has 2 atom stereocenters. The number of benzene rings is 1. The molecule has 2 nitrogen and oxygen atoms in total. The van der Waals surface area contributed by atoms with Gasteiger partial charge in [-0.15, -0.1) is 0 Å². The van der Waals surface area contributed by atoms with Crippen molar-refractivity contribution < 1.29 is 5.11 Å². The summed E-state index contributed by atoms with van der Waals surface area (Å²) in [6.07, 6.45) is 2.19. The van der Waals surface area contributed by atoms with Crippen molar-refractivity contribution in [3.8, 4) is 0 Å². The molecule has 0 radical (unpaired) electrons. The quantitative estimate of drug-likeness (QED) is 0.832. The summed E-state index contributed by atoms with van der Waals surface area (Å²) in [5.41, 5.74) is 0.118. The van der Waals surface area contributed by atoms with Gasteiger partial charge in [0.15, 0.2) is 0 Å². The van der Waals surface area contributed by atoms with Crippen LogP contribution in [-0.2, 0) is 5.60 Å². The Morgan fingerprint density at radius 2 is 2.31 bits per heavy atom. The molecule has 0 amide bonds. The van der Waals surface area contributed by atoms with Gasteiger partial charge >= 0.3 is 0 Å². The standard InChI is InChI=1S/C13H18ClNO/c1-13(16,11-5-3-7-15-9-11)10-4-2-6-12(14)8-10/h2,4,6,8,11,15-16H,3,5,7,9H2,1H3/t11-,13-/m1/s1. The highest BCUT2D eigenvalue weighted by Gasteiger charge is 2.34. The average Bonchev–Trinajstić information content (AvgIpc) is 2.30. The summed E-state index contributed by atoms with van der Waals surface area (Å²) in [6.45, 7) is 3.82. The molecule has 1 heterocycles. The Morgan fingerprint density at radius 1 is 1.50 bits per heavy atom. The molecule has 2 N–H and O–H groups in total. The lowest BCUT2D eigenvalue weighted by molar-refractivity contribution is -0.0156. The summed E-state index contributed by atoms with van der Waals surface area (Å²) in [6, 6.07) is 7.53. The van der Waals surface area contributed by atoms with Crippen molar-refractivity contribution in [3.05, 3.63) is 34.9 Å². The fourth-order valence-electron chi connectivity index (χ4n) is 2.37. The Bertz CT molecular complexity index is 359. The zero-order valence-electron chi connectivity index (χ0n) is 9.54. The predicted octanol–water partition coefficient (Wildman–Crippen LogP) is 2.55. The molecule has 1 aromatic rings. The lowest BCUT2D eigenvalue weighted by Gasteiger charge is -2.36. The molecule has 1 aromatic carbocycles. The van der Waals surface area contributed by atoms with Gasteiger partial charge in [0.05, 0.1) is 5.60 Å². The van der Waals surface area contributed by atoms with Crippen molar-refractivity contribution in [3.63, 3.8) is 0 Å². The van der Waals surface area contributed by atoms with Gasteiger partial charge in [-0.05, 0) is 44.0 Å². The van der Waals surface area contributed by atoms with Crippen LogP contribution in [0.15, 0.2) is 24.3 Å². The number of nitrogens with one attached hydrogen (secondary N) is 1. The van der Waals surface area contributed by atoms with Gasteiger partial charge in [-0.2, -0.15) is 0 Å². The van der Waals surface area contributed by atoms with Gasteiger partial charge in [0.2, 0.25) is 0 Å². The maximum absolute atomic E-state index is 10.6. The molecule has 0 bridgehead atoms. The second kappa shape index (κ2) is 4.74. The van der Waals surface area contributed by atoms with E-state index in [0.717, 1.165) is 31.5 Å². The van der Waals surface area contributed by atoms with Gasteiger partial charge in [-0.1, -0.05) is 23.7 Å². The minimum Gasteiger partial charge on any atom is -0.385 e. The number of rotatable bonds is 2. The second-order valence-corrected chi connectivity index (χ2v) is 5.14. The Morgan fingerprint density at radius 3 is 2.94 bits per heavy atom. The SMILES string of the molecule is C[C@@](O)(c1cccc(Cl)c1)[C@@H]1CCCNC1. The van der Waals surface area contributed by atoms with E-state index in [1.54, 1.807) is 0 Å². The minimum atomic E-state index is -0.793. The Kier molecular flexibility index (Phi) is 3.53. The summed E-state index contributed by atoms with van der Waals surface area (Å²) in [7, 11) is 0. The monoisotopic (exact) mass is 239 g/mol. The molecule has 0 aliphatic carbocycles. The van der Waals surface area contributed by atoms with E-state index in [0.29, 0.717) is 5.02 Å². The first-order chi connectivity index (χ1) is 7.60. The van der Waals surface area contributed by atoms with Crippen molar-refractivity contribution in [1.29, 1.82) is 0 Å². The van der Waals surface area contributed by atoms with Crippen molar-refractivity contribution in [1.82, 2.24) is 5.32 Å². The fourth-order valence-corrected chi connectivity index (χ4v) is 2.56. The van der Waals surface area contributed by atoms with E-state index in [-0.39, 0.29) is 5.92 Å². The lowest BCUT2D eigenvalue weighted by Crippen LogP contribution is -2.42. The molecule has 0 saturated carbocycles. The van der Waals surface area contributed by atoms with Crippen molar-refractivity contribution in [2.24, 2.45) is 5.92 Å². The molecule has 16 heavy (non-hydrogen) atoms. The molecule has 0 unspecified atom stereocenters. The van der Waals surface area contributed by atoms with Gasteiger partial charge in [0.1, 0.15) is 0 Å². The van der Waals surface area contributed by atoms with Crippen LogP contribution in [0, 0.1) is 5.92 Å². The minimum absolute atomic E-state index is 0.264. The lowest BCUT2D eigenvalue weighted by atomic mass is 9.79. The van der Waals surface area contributed by atoms with E-state index in [1.807, 2.05) is 31.2 Å². The van der Waals surface area contributed by atoms with Crippen molar-refractivity contribution in [2.45, 2.75) is 25.4 Å². The molecule has 1 saturated heterocycles. The van der Waals surface area contributed by atoms with Gasteiger partial charge in [-0.3, -0.25) is 0 Å². The summed E-state index contributed by atoms with van der Waals surface area (Å²) in [5, 5.41) is 14.7. The van der Waals surface area contributed by atoms with E-state index >= 15 is 0 Å². The van der Waals surface area contributed by atoms with Crippen LogP contribution in [0.2, 0.25) is 5.02 Å². The summed E-state index contributed by atoms with van der Waals surface area (Å²) in [4.78, 5) is 0. The van der Waals surface area contributed by atoms with Gasteiger partial charge in [0, 0.05) is 17.5 Å². The average molecular weight is 240 g/mol. The third-order valence-electron chi connectivity index (χ3n) is 3.50. The van der Waals surface area contributed by atoms with Gasteiger partial charge in [-0.25, -0.2) is 0 Å². The van der Waals surface area contributed by atoms with Crippen molar-refractivity contribution >= 4 is 11.6 Å². The normalized spacial score (nSPS) is 25.1. The molecule has 1 aliphatic rings. The smallest absolute Gasteiger partial charge is 0.0909 e. The number of halogens is 1. The highest BCUT2D eigenvalue weighted by Crippen LogP contribution is 2.34. The first-order valence-corrected chi connectivity index (χ1v) is 6.17. The molecule has 2 rings (SSSR count). The summed E-state index contributed by atoms with van der Waals surface area (Å²) < 4.78 is 0. The molecular formula is C13H18ClNO. The van der Waals surface area contributed by atoms with Crippen LogP contribution >= 0.6 is 11.6 Å². The molecular weight excluding hydrogens is 222 g/mol. The molecule has 3 heteroatoms. The predicted molar refractivity (Wildman–Crippen MR) is 66.6 cm³/mol. The van der Waals surface area contributed by atoms with E-state index in [9.17, 15) is 5.11 Å². The fraction of sp³-hybridized carbons (Fsp3) is 0.538. The van der Waals surface area contributed by atoms with Crippen LogP contribution in [0.5, 0.6) is 0 Å². The van der Waals surface area contributed by atoms with Gasteiger partial charge in [0.25, 0.3) is 0 Å². The first kappa shape index (κ1) is 11.9. The Balaban J connectivity index is 2.22. The molecule has 88 valence electrons. The van der Waals surface area contributed by atoms with E-state index < -0.39 is 5.60 Å². The number of hydrogen-bond donors (Lipinski definition) is 2. The highest BCUT2D eigenvalue weighted by molar-refractivity contribution is 6.30. The zero-order valence-corrected chi connectivity index (χ0v) is 10.3. The number of hydrogen-bond acceptors (Lipinski definition) is 2. The maximum atomic E-state index is 10.6. The van der Waals surface area contributed by atoms with Gasteiger partial charge < -0.3 is 10.4 Å². The molecule has 0 aromatic heterocycles. The molecule has 1 aliphatic heterocycles. The zero-order chi connectivity index (χ0) is 11.6. The van der Waals surface area contributed by atoms with Crippen LogP contribution in [0.3, 0.4) is 0 Å². The Labute approximate surface area is 102 Å². The maximum Gasteiger partial charge on any atom is 0.0909 e. The van der Waals surface area contributed by atoms with Crippen LogP contribution < -0.4 is 5.32 Å². The van der Waals surface area contributed by atoms with Crippen LogP contribution in [0.25, 0.3) is 0 Å². The Hall–Kier alpha value is -0.570. The summed E-state index contributed by atoms with van der Waals surface area (Å²) >= 11 is 5.96. The number of piperidine rings is 1. The topological polar surface area (TPSA) is 32.3 Å². The van der Waals surface area contributed by atoms with Crippen LogP contribution in [-0.4, -0.2) is 18.2 Å². The third-order valence-corrected chi connectivity index (χ3v) is 3.74. The second-order valence-electron chi connectivity index (χ2n) is 4.70. The number of aliphatic hydroxyl groups is 1. The van der Waals surface area contributed by atoms with Crippen LogP contribution in [0.1, 0.15) is 25.3 Å². The van der Waals surface area contributed by atoms with E-state index in [4.69, 9.17) is 11.6 Å². The highest BCUT2D eigenvalue weighted by atomic mass is 35.5. The van der Waals surface area contributed by atoms with E-state index in [1.165, 1.54) is 0 Å². The molecule has 0 spiro atoms. The first-order valence-electron chi connectivity index (χ1n) is 5.80. The third kappa shape index (κ3) is 2.40. The largest absolute Gasteiger partial charge is 0.385 e. The molecule has 1 fully saturated rings.